The maximum atomic E-state index is 12.0. The van der Waals surface area contributed by atoms with Crippen LogP contribution in [0.5, 0.6) is 34.5 Å². The van der Waals surface area contributed by atoms with Gasteiger partial charge >= 0.3 is 35.8 Å². The van der Waals surface area contributed by atoms with Crippen molar-refractivity contribution in [1.29, 1.82) is 0 Å². The van der Waals surface area contributed by atoms with Gasteiger partial charge in [-0.25, -0.2) is 14.4 Å². The van der Waals surface area contributed by atoms with Crippen LogP contribution in [0.15, 0.2) is 34.9 Å². The molecule has 418 valence electrons. The molecule has 4 aliphatic heterocycles. The zero-order valence-electron chi connectivity index (χ0n) is 45.4. The summed E-state index contributed by atoms with van der Waals surface area (Å²) in [6, 6.07) is 0. The number of methoxy groups -OCH3 is 3. The number of carboxylic acid groups (broad SMARTS) is 2. The maximum absolute atomic E-state index is 12.0. The SMILES string of the molecule is COc1c(C)c2c(c(O)c1C/C=C(\C)CCC(=O)O)C(=O)OC2.COc1c(C)c2c(c(O)c1C/C=C(\C)CCC(=O)O)C(=O)OC2.COc1c(C)c2c(c(O)c1C/C=C(\C)CCC(=O)OCCN1CCOCC1)C(=O)OC2. The molecule has 0 aliphatic carbocycles. The molecule has 0 amide bonds. The van der Waals surface area contributed by atoms with Crippen LogP contribution in [0, 0.1) is 20.8 Å². The van der Waals surface area contributed by atoms with Gasteiger partial charge < -0.3 is 63.4 Å². The topological polar surface area (TPSA) is 281 Å². The maximum Gasteiger partial charge on any atom is 0.342 e. The summed E-state index contributed by atoms with van der Waals surface area (Å²) in [7, 11) is 4.56. The highest BCUT2D eigenvalue weighted by Crippen LogP contribution is 2.45. The molecule has 1 saturated heterocycles. The highest BCUT2D eigenvalue weighted by molar-refractivity contribution is 5.99. The Balaban J connectivity index is 0.000000217. The molecule has 1 fully saturated rings. The number of esters is 4. The van der Waals surface area contributed by atoms with Gasteiger partial charge in [0.25, 0.3) is 0 Å². The van der Waals surface area contributed by atoms with Gasteiger partial charge in [0.15, 0.2) is 0 Å². The number of hydrogen-bond acceptors (Lipinski definition) is 18. The number of carbonyl (C=O) groups excluding carboxylic acids is 4. The Bertz CT molecular complexity index is 2710. The summed E-state index contributed by atoms with van der Waals surface area (Å²) in [4.78, 5) is 71.0. The summed E-state index contributed by atoms with van der Waals surface area (Å²) in [5.41, 5.74) is 9.31. The monoisotopic (exact) mass is 1070 g/mol. The molecule has 0 unspecified atom stereocenters. The Morgan fingerprint density at radius 2 is 0.857 bits per heavy atom. The Hall–Kier alpha value is -7.58. The second-order valence-electron chi connectivity index (χ2n) is 19.0. The number of aromatic hydroxyl groups is 3. The van der Waals surface area contributed by atoms with Crippen molar-refractivity contribution in [2.24, 2.45) is 0 Å². The van der Waals surface area contributed by atoms with Crippen LogP contribution in [-0.2, 0) is 77.2 Å². The van der Waals surface area contributed by atoms with Crippen LogP contribution in [0.4, 0.5) is 0 Å². The predicted molar refractivity (Wildman–Crippen MR) is 279 cm³/mol. The summed E-state index contributed by atoms with van der Waals surface area (Å²) >= 11 is 0. The molecule has 0 bridgehead atoms. The molecule has 20 nitrogen and oxygen atoms in total. The van der Waals surface area contributed by atoms with Crippen molar-refractivity contribution >= 4 is 35.8 Å². The molecule has 0 aromatic heterocycles. The van der Waals surface area contributed by atoms with Crippen LogP contribution in [0.2, 0.25) is 0 Å². The van der Waals surface area contributed by atoms with E-state index in [9.17, 15) is 44.1 Å². The number of morpholine rings is 1. The molecule has 0 spiro atoms. The lowest BCUT2D eigenvalue weighted by molar-refractivity contribution is -0.144. The first kappa shape index (κ1) is 60.3. The van der Waals surface area contributed by atoms with E-state index in [0.717, 1.165) is 66.3 Å². The van der Waals surface area contributed by atoms with Crippen LogP contribution >= 0.6 is 0 Å². The molecule has 0 atom stereocenters. The average Bonchev–Trinajstić information content (AvgIpc) is 4.13. The van der Waals surface area contributed by atoms with E-state index < -0.39 is 29.8 Å². The summed E-state index contributed by atoms with van der Waals surface area (Å²) in [5.74, 6) is -2.22. The van der Waals surface area contributed by atoms with E-state index in [2.05, 4.69) is 4.90 Å². The number of benzene rings is 3. The number of nitrogens with zero attached hydrogens (tertiary/aromatic N) is 1. The molecular formula is C57H71NO19. The van der Waals surface area contributed by atoms with Crippen LogP contribution < -0.4 is 14.2 Å². The van der Waals surface area contributed by atoms with Crippen LogP contribution in [0.25, 0.3) is 0 Å². The predicted octanol–water partition coefficient (Wildman–Crippen LogP) is 7.99. The lowest BCUT2D eigenvalue weighted by Crippen LogP contribution is -2.38. The van der Waals surface area contributed by atoms with E-state index in [4.69, 9.17) is 48.1 Å². The zero-order chi connectivity index (χ0) is 56.7. The number of ether oxygens (including phenoxy) is 8. The van der Waals surface area contributed by atoms with Gasteiger partial charge in [-0.1, -0.05) is 34.9 Å². The van der Waals surface area contributed by atoms with Gasteiger partial charge in [-0.15, -0.1) is 0 Å². The molecular weight excluding hydrogens is 1000 g/mol. The Kier molecular flexibility index (Phi) is 21.9. The van der Waals surface area contributed by atoms with E-state index >= 15 is 0 Å². The number of phenolic OH excluding ortho intramolecular Hbond substituents is 3. The number of cyclic esters (lactones) is 3. The fraction of sp³-hybridized carbons (Fsp3) is 0.474. The largest absolute Gasteiger partial charge is 0.507 e. The number of aliphatic carboxylic acids is 2. The normalized spacial score (nSPS) is 14.9. The Labute approximate surface area is 447 Å². The van der Waals surface area contributed by atoms with Crippen molar-refractivity contribution in [2.75, 3.05) is 60.8 Å². The lowest BCUT2D eigenvalue weighted by Gasteiger charge is -2.26. The first-order chi connectivity index (χ1) is 36.6. The van der Waals surface area contributed by atoms with Gasteiger partial charge in [0.1, 0.15) is 77.6 Å². The molecule has 0 saturated carbocycles. The molecule has 20 heteroatoms. The van der Waals surface area contributed by atoms with Crippen molar-refractivity contribution < 1.29 is 92.2 Å². The fourth-order valence-corrected chi connectivity index (χ4v) is 9.31. The standard InChI is InChI=1S/C23H31NO7.2C17H20O6/c1-15(5-7-19(25)30-13-10-24-8-11-29-12-9-24)4-6-17-21(26)20-18(14-31-23(20)27)16(2)22(17)28-3;2*1-9(5-7-13(18)19)4-6-11-15(20)14-12(8-23-17(14)21)10(2)16(11)22-3/h4,26H,5-14H2,1-3H3;2*4,20H,5-8H2,1-3H3,(H,18,19)/b15-4+;2*9-4+. The van der Waals surface area contributed by atoms with E-state index in [0.29, 0.717) is 102 Å². The Morgan fingerprint density at radius 1 is 0.532 bits per heavy atom. The van der Waals surface area contributed by atoms with Crippen molar-refractivity contribution in [3.63, 3.8) is 0 Å². The van der Waals surface area contributed by atoms with Gasteiger partial charge in [-0.05, 0) is 96.8 Å². The highest BCUT2D eigenvalue weighted by atomic mass is 16.6. The van der Waals surface area contributed by atoms with Crippen LogP contribution in [0.3, 0.4) is 0 Å². The smallest absolute Gasteiger partial charge is 0.342 e. The minimum atomic E-state index is -0.853. The summed E-state index contributed by atoms with van der Waals surface area (Å²) in [6.45, 7) is 15.8. The van der Waals surface area contributed by atoms with Crippen molar-refractivity contribution in [1.82, 2.24) is 4.90 Å². The molecule has 3 aromatic carbocycles. The van der Waals surface area contributed by atoms with Gasteiger partial charge in [0.2, 0.25) is 0 Å². The zero-order valence-corrected chi connectivity index (χ0v) is 45.4. The molecule has 4 heterocycles. The number of phenols is 3. The number of hydrogen-bond donors (Lipinski definition) is 5. The second kappa shape index (κ2) is 28.0. The number of carboxylic acids is 2. The third kappa shape index (κ3) is 15.1. The first-order valence-corrected chi connectivity index (χ1v) is 25.3. The number of allylic oxidation sites excluding steroid dienone is 6. The van der Waals surface area contributed by atoms with Crippen molar-refractivity contribution in [3.8, 4) is 34.5 Å². The van der Waals surface area contributed by atoms with E-state index in [1.807, 2.05) is 59.8 Å². The molecule has 0 radical (unpaired) electrons. The summed E-state index contributed by atoms with van der Waals surface area (Å²) < 4.78 is 42.0. The van der Waals surface area contributed by atoms with Gasteiger partial charge in [-0.3, -0.25) is 19.3 Å². The second-order valence-corrected chi connectivity index (χ2v) is 19.0. The van der Waals surface area contributed by atoms with Crippen LogP contribution in [0.1, 0.15) is 140 Å². The average molecular weight is 1070 g/mol. The Morgan fingerprint density at radius 3 is 1.17 bits per heavy atom. The number of rotatable bonds is 21. The number of fused-ring (bicyclic) bond motifs is 3. The van der Waals surface area contributed by atoms with Gasteiger partial charge in [0.05, 0.1) is 34.5 Å². The fourth-order valence-electron chi connectivity index (χ4n) is 9.31. The van der Waals surface area contributed by atoms with Gasteiger partial charge in [-0.2, -0.15) is 0 Å². The first-order valence-electron chi connectivity index (χ1n) is 25.3. The third-order valence-electron chi connectivity index (χ3n) is 13.9. The highest BCUT2D eigenvalue weighted by Gasteiger charge is 2.34. The molecule has 77 heavy (non-hydrogen) atoms. The van der Waals surface area contributed by atoms with E-state index in [-0.39, 0.29) is 72.6 Å². The molecule has 4 aliphatic rings. The minimum Gasteiger partial charge on any atom is -0.507 e. The van der Waals surface area contributed by atoms with Crippen molar-refractivity contribution in [3.05, 3.63) is 102 Å². The quantitative estimate of drug-likeness (QED) is 0.0384. The minimum absolute atomic E-state index is 0.0565. The van der Waals surface area contributed by atoms with E-state index in [1.165, 1.54) is 14.2 Å². The number of carbonyl (C=O) groups is 6. The lowest BCUT2D eigenvalue weighted by atomic mass is 9.94. The van der Waals surface area contributed by atoms with Gasteiger partial charge in [0, 0.05) is 72.3 Å². The molecule has 7 rings (SSSR count). The van der Waals surface area contributed by atoms with Crippen molar-refractivity contribution in [2.45, 2.75) is 119 Å². The van der Waals surface area contributed by atoms with Crippen LogP contribution in [-0.4, -0.2) is 127 Å². The summed E-state index contributed by atoms with van der Waals surface area (Å²) in [6.07, 6.45) is 8.54. The summed E-state index contributed by atoms with van der Waals surface area (Å²) in [5, 5.41) is 49.0. The third-order valence-corrected chi connectivity index (χ3v) is 13.9. The molecule has 5 N–H and O–H groups in total. The molecule has 3 aromatic rings. The van der Waals surface area contributed by atoms with E-state index in [1.54, 1.807) is 7.11 Å².